The molecule has 6 heavy (non-hydrogen) atoms. The van der Waals surface area contributed by atoms with Gasteiger partial charge in [-0.05, 0) is 0 Å². The van der Waals surface area contributed by atoms with Crippen molar-refractivity contribution in [2.75, 3.05) is 0 Å². The molecule has 0 heterocycles. The molecule has 0 amide bonds. The van der Waals surface area contributed by atoms with Crippen molar-refractivity contribution in [3.63, 3.8) is 0 Å². The zero-order valence-electron chi connectivity index (χ0n) is 3.44. The third kappa shape index (κ3) is 45.3. The minimum atomic E-state index is -1.25. The zero-order chi connectivity index (χ0) is 2.71. The Morgan fingerprint density at radius 2 is 1.17 bits per heavy atom. The maximum Gasteiger partial charge on any atom is 2.00 e. The maximum absolute atomic E-state index is 8.38. The van der Waals surface area contributed by atoms with Gasteiger partial charge < -0.3 is 15.5 Å². The molecule has 0 saturated carbocycles. The molecular weight excluding hydrogens is 130 g/mol. The summed E-state index contributed by atoms with van der Waals surface area (Å²) in [4.78, 5) is 0. The van der Waals surface area contributed by atoms with Crippen molar-refractivity contribution < 1.29 is 15.5 Å². The van der Waals surface area contributed by atoms with Gasteiger partial charge in [0, 0.05) is 0 Å². The summed E-state index contributed by atoms with van der Waals surface area (Å²) in [5.74, 6) is 0. The average molecular weight is 136 g/mol. The fraction of sp³-hybridized carbons (Fsp3) is 0. The van der Waals surface area contributed by atoms with Gasteiger partial charge >= 0.3 is 37.7 Å². The topological polar surface area (TPSA) is 77.6 Å². The van der Waals surface area contributed by atoms with E-state index >= 15 is 0 Å². The molecule has 1 atom stereocenters. The van der Waals surface area contributed by atoms with E-state index in [2.05, 4.69) is 0 Å². The van der Waals surface area contributed by atoms with Gasteiger partial charge in [-0.25, -0.2) is 0 Å². The first kappa shape index (κ1) is 25.4. The second-order valence-electron chi connectivity index (χ2n) is 0.118. The molecule has 0 spiro atoms. The quantitative estimate of drug-likeness (QED) is 0.250. The van der Waals surface area contributed by atoms with Crippen LogP contribution < -0.4 is 10.0 Å². The molecule has 0 saturated heterocycles. The summed E-state index contributed by atoms with van der Waals surface area (Å²) >= 11 is 0. The van der Waals surface area contributed by atoms with E-state index in [0.717, 1.165) is 0 Å². The van der Waals surface area contributed by atoms with Crippen LogP contribution in [0.5, 0.6) is 0 Å². The smallest absolute Gasteiger partial charge is 0.896 e. The largest absolute Gasteiger partial charge is 2.00 e. The minimum absolute atomic E-state index is 0. The van der Waals surface area contributed by atoms with E-state index in [0.29, 0.717) is 0 Å². The van der Waals surface area contributed by atoms with E-state index in [4.69, 9.17) is 10.0 Å². The Hall–Kier alpha value is 1.63. The van der Waals surface area contributed by atoms with Crippen LogP contribution in [0.15, 0.2) is 0 Å². The van der Waals surface area contributed by atoms with Crippen molar-refractivity contribution in [2.24, 2.45) is 0 Å². The van der Waals surface area contributed by atoms with Crippen LogP contribution in [-0.4, -0.2) is 50.9 Å². The van der Waals surface area contributed by atoms with Gasteiger partial charge in [-0.15, -0.1) is 7.69 Å². The van der Waals surface area contributed by atoms with Gasteiger partial charge in [-0.2, -0.15) is 9.90 Å². The summed E-state index contributed by atoms with van der Waals surface area (Å²) in [6.07, 6.45) is 0. The Morgan fingerprint density at radius 1 is 1.17 bits per heavy atom. The van der Waals surface area contributed by atoms with E-state index < -0.39 is 7.69 Å². The fourth-order valence-corrected chi connectivity index (χ4v) is 0. The molecule has 0 aliphatic carbocycles. The molecule has 0 aliphatic heterocycles. The predicted molar refractivity (Wildman–Crippen MR) is 27.6 cm³/mol. The second kappa shape index (κ2) is 30.3. The van der Waals surface area contributed by atoms with Crippen LogP contribution in [0.1, 0.15) is 0 Å². The third-order valence-electron chi connectivity index (χ3n) is 0. The number of hydrogen-bond donors (Lipinski definition) is 0. The van der Waals surface area contributed by atoms with Crippen LogP contribution in [0.25, 0.3) is 0 Å². The molecule has 0 fully saturated rings. The maximum atomic E-state index is 8.38. The molecule has 0 aromatic carbocycles. The van der Waals surface area contributed by atoms with Crippen molar-refractivity contribution >= 4 is 55.3 Å². The Kier molecular flexibility index (Phi) is 129. The molecule has 0 bridgehead atoms. The van der Waals surface area contributed by atoms with Crippen molar-refractivity contribution in [2.45, 2.75) is 0 Å². The molecule has 0 aromatic heterocycles. The molecule has 34 valence electrons. The summed E-state index contributed by atoms with van der Waals surface area (Å²) in [6.45, 7) is 0. The van der Waals surface area contributed by atoms with Gasteiger partial charge in [0.05, 0.1) is 0 Å². The normalized spacial score (nSPS) is 2.33. The first-order valence-electron chi connectivity index (χ1n) is 0.577. The monoisotopic (exact) mass is 136 g/mol. The van der Waals surface area contributed by atoms with Gasteiger partial charge in [0.1, 0.15) is 0 Å². The summed E-state index contributed by atoms with van der Waals surface area (Å²) in [5.41, 5.74) is 0. The summed E-state index contributed by atoms with van der Waals surface area (Å²) < 4.78 is 0. The zero-order valence-corrected chi connectivity index (χ0v) is 7.06. The molecule has 0 radical (unpaired) electrons. The van der Waals surface area contributed by atoms with Crippen LogP contribution in [0, 0.1) is 0 Å². The number of hydrogen-bond acceptors (Lipinski definition) is 2. The molecule has 0 rings (SSSR count). The Labute approximate surface area is 70.4 Å². The van der Waals surface area contributed by atoms with E-state index in [1.165, 1.54) is 0 Å². The van der Waals surface area contributed by atoms with E-state index in [-0.39, 0.29) is 53.1 Å². The second-order valence-corrected chi connectivity index (χ2v) is 0.118. The van der Waals surface area contributed by atoms with Crippen LogP contribution in [-0.2, 0) is 0 Å². The summed E-state index contributed by atoms with van der Waals surface area (Å²) in [7, 11) is -1.25. The minimum Gasteiger partial charge on any atom is -0.896 e. The van der Waals surface area contributed by atoms with Gasteiger partial charge in [-0.1, -0.05) is 0 Å². The number of rotatable bonds is 0. The molecular formula is H6BCaO3P. The molecule has 0 aliphatic rings. The first-order chi connectivity index (χ1) is 1.41. The standard InChI is InChI=1S/BHO2.Ca.H2O.H3P/c2-1-3;;;/h1H;;1H2;1H3/q-2;+2;;. The van der Waals surface area contributed by atoms with Crippen LogP contribution in [0.4, 0.5) is 0 Å². The summed E-state index contributed by atoms with van der Waals surface area (Å²) in [5, 5.41) is 16.8. The first-order valence-corrected chi connectivity index (χ1v) is 0.577. The van der Waals surface area contributed by atoms with Gasteiger partial charge in [0.15, 0.2) is 0 Å². The van der Waals surface area contributed by atoms with Crippen molar-refractivity contribution in [1.29, 1.82) is 0 Å². The van der Waals surface area contributed by atoms with Crippen LogP contribution >= 0.6 is 9.90 Å². The average Bonchev–Trinajstić information content (AvgIpc) is 0.918. The van der Waals surface area contributed by atoms with Crippen LogP contribution in [0.2, 0.25) is 0 Å². The van der Waals surface area contributed by atoms with Gasteiger partial charge in [0.25, 0.3) is 0 Å². The predicted octanol–water partition coefficient (Wildman–Crippen LogP) is -4.17. The SMILES string of the molecule is O.P.[Ca+2].[O-]B[O-]. The molecule has 3 nitrogen and oxygen atoms in total. The van der Waals surface area contributed by atoms with Crippen molar-refractivity contribution in [1.82, 2.24) is 0 Å². The molecule has 0 aromatic rings. The molecule has 6 heteroatoms. The third-order valence-corrected chi connectivity index (χ3v) is 0. The Balaban J connectivity index is -0.00000000667. The van der Waals surface area contributed by atoms with E-state index in [9.17, 15) is 0 Å². The molecule has 1 unspecified atom stereocenters. The Bertz CT molecular complexity index is 10.8. The van der Waals surface area contributed by atoms with Gasteiger partial charge in [0.2, 0.25) is 0 Å². The van der Waals surface area contributed by atoms with E-state index in [1.807, 2.05) is 0 Å². The fourth-order valence-electron chi connectivity index (χ4n) is 0. The van der Waals surface area contributed by atoms with Crippen molar-refractivity contribution in [3.8, 4) is 0 Å². The Morgan fingerprint density at radius 3 is 1.17 bits per heavy atom. The van der Waals surface area contributed by atoms with Crippen molar-refractivity contribution in [3.05, 3.63) is 0 Å². The summed E-state index contributed by atoms with van der Waals surface area (Å²) in [6, 6.07) is 0. The molecule has 2 N–H and O–H groups in total. The van der Waals surface area contributed by atoms with Gasteiger partial charge in [-0.3, -0.25) is 0 Å². The van der Waals surface area contributed by atoms with E-state index in [1.54, 1.807) is 0 Å². The van der Waals surface area contributed by atoms with Crippen LogP contribution in [0.3, 0.4) is 0 Å².